The van der Waals surface area contributed by atoms with Gasteiger partial charge in [0.15, 0.2) is 0 Å². The van der Waals surface area contributed by atoms with Crippen molar-refractivity contribution in [3.8, 4) is 0 Å². The van der Waals surface area contributed by atoms with Crippen molar-refractivity contribution >= 4 is 11.5 Å². The predicted octanol–water partition coefficient (Wildman–Crippen LogP) is 7.08. The standard InChI is InChI=1S/C27H36O2/c1-18(15-24(28)29)9-8-10-19-11-12-25(2,3)21-17-23-22(16-20(19)21)26(4,5)13-14-27(23,6)7/h8-10,15-17H,11-14H2,1-7H3,(H,28,29)/b9-8?,18-15+,19-10?. The number of fused-ring (bicyclic) bond motifs is 2. The zero-order chi connectivity index (χ0) is 21.6. The number of benzene rings is 1. The van der Waals surface area contributed by atoms with E-state index >= 15 is 0 Å². The molecule has 156 valence electrons. The second kappa shape index (κ2) is 7.31. The summed E-state index contributed by atoms with van der Waals surface area (Å²) in [4.78, 5) is 10.8. The van der Waals surface area contributed by atoms with Crippen molar-refractivity contribution in [3.63, 3.8) is 0 Å². The molecule has 2 heteroatoms. The van der Waals surface area contributed by atoms with Gasteiger partial charge in [-0.1, -0.05) is 71.9 Å². The van der Waals surface area contributed by atoms with E-state index in [1.807, 2.05) is 19.1 Å². The number of allylic oxidation sites excluding steroid dienone is 5. The van der Waals surface area contributed by atoms with E-state index in [9.17, 15) is 4.79 Å². The molecule has 0 aromatic heterocycles. The van der Waals surface area contributed by atoms with Gasteiger partial charge in [0, 0.05) is 6.08 Å². The second-order valence-corrected chi connectivity index (χ2v) is 10.9. The molecule has 1 aromatic rings. The van der Waals surface area contributed by atoms with E-state index in [4.69, 9.17) is 5.11 Å². The molecule has 0 heterocycles. The Hall–Kier alpha value is -2.09. The van der Waals surface area contributed by atoms with Crippen LogP contribution < -0.4 is 0 Å². The van der Waals surface area contributed by atoms with Gasteiger partial charge in [-0.05, 0) is 82.3 Å². The molecule has 0 saturated carbocycles. The maximum absolute atomic E-state index is 10.8. The largest absolute Gasteiger partial charge is 0.478 e. The van der Waals surface area contributed by atoms with Crippen LogP contribution in [-0.2, 0) is 21.0 Å². The number of carboxylic acids is 1. The van der Waals surface area contributed by atoms with Gasteiger partial charge in [-0.3, -0.25) is 0 Å². The van der Waals surface area contributed by atoms with Crippen LogP contribution in [0.3, 0.4) is 0 Å². The third-order valence-electron chi connectivity index (χ3n) is 7.09. The van der Waals surface area contributed by atoms with Crippen molar-refractivity contribution in [1.82, 2.24) is 0 Å². The quantitative estimate of drug-likeness (QED) is 0.441. The smallest absolute Gasteiger partial charge is 0.328 e. The number of hydrogen-bond donors (Lipinski definition) is 1. The molecule has 0 radical (unpaired) electrons. The van der Waals surface area contributed by atoms with E-state index in [1.54, 1.807) is 0 Å². The van der Waals surface area contributed by atoms with Gasteiger partial charge in [-0.15, -0.1) is 0 Å². The van der Waals surface area contributed by atoms with Crippen molar-refractivity contribution in [3.05, 3.63) is 64.3 Å². The summed E-state index contributed by atoms with van der Waals surface area (Å²) in [6, 6.07) is 4.99. The van der Waals surface area contributed by atoms with E-state index in [2.05, 4.69) is 59.8 Å². The first-order valence-electron chi connectivity index (χ1n) is 10.8. The molecule has 0 atom stereocenters. The van der Waals surface area contributed by atoms with Crippen molar-refractivity contribution in [2.24, 2.45) is 0 Å². The topological polar surface area (TPSA) is 37.3 Å². The minimum absolute atomic E-state index is 0.169. The van der Waals surface area contributed by atoms with Gasteiger partial charge in [0.2, 0.25) is 0 Å². The molecule has 0 bridgehead atoms. The highest BCUT2D eigenvalue weighted by Gasteiger charge is 2.40. The van der Waals surface area contributed by atoms with E-state index in [0.717, 1.165) is 18.4 Å². The molecule has 1 aromatic carbocycles. The van der Waals surface area contributed by atoms with Crippen LogP contribution in [0.2, 0.25) is 0 Å². The first-order valence-corrected chi connectivity index (χ1v) is 10.8. The fraction of sp³-hybridized carbons (Fsp3) is 0.519. The van der Waals surface area contributed by atoms with Gasteiger partial charge in [-0.25, -0.2) is 4.79 Å². The van der Waals surface area contributed by atoms with Crippen molar-refractivity contribution in [2.75, 3.05) is 0 Å². The van der Waals surface area contributed by atoms with Crippen LogP contribution in [0.1, 0.15) is 96.4 Å². The molecular formula is C27H36O2. The number of rotatable bonds is 3. The SMILES string of the molecule is C/C(C=CC=C1CCC(C)(C)c2cc3c(cc21)C(C)(C)CCC3(C)C)=C\C(=O)O. The second-order valence-electron chi connectivity index (χ2n) is 10.9. The van der Waals surface area contributed by atoms with Crippen LogP contribution in [0.25, 0.3) is 5.57 Å². The average Bonchev–Trinajstić information content (AvgIpc) is 2.60. The summed E-state index contributed by atoms with van der Waals surface area (Å²) in [5.74, 6) is -0.902. The van der Waals surface area contributed by atoms with E-state index in [1.165, 1.54) is 46.7 Å². The Morgan fingerprint density at radius 2 is 1.45 bits per heavy atom. The summed E-state index contributed by atoms with van der Waals surface area (Å²) in [7, 11) is 0. The van der Waals surface area contributed by atoms with E-state index in [0.29, 0.717) is 0 Å². The maximum atomic E-state index is 10.8. The molecule has 0 spiro atoms. The summed E-state index contributed by atoms with van der Waals surface area (Å²) < 4.78 is 0. The molecular weight excluding hydrogens is 356 g/mol. The molecule has 0 aliphatic heterocycles. The fourth-order valence-electron chi connectivity index (χ4n) is 4.89. The lowest BCUT2D eigenvalue weighted by Crippen LogP contribution is -2.35. The fourth-order valence-corrected chi connectivity index (χ4v) is 4.89. The van der Waals surface area contributed by atoms with Crippen molar-refractivity contribution in [2.45, 2.75) is 90.4 Å². The average molecular weight is 393 g/mol. The molecule has 2 nitrogen and oxygen atoms in total. The summed E-state index contributed by atoms with van der Waals surface area (Å²) in [6.45, 7) is 16.1. The van der Waals surface area contributed by atoms with Gasteiger partial charge in [-0.2, -0.15) is 0 Å². The Kier molecular flexibility index (Phi) is 5.45. The Morgan fingerprint density at radius 3 is 2.03 bits per heavy atom. The summed E-state index contributed by atoms with van der Waals surface area (Å²) in [5, 5.41) is 8.90. The third-order valence-corrected chi connectivity index (χ3v) is 7.09. The van der Waals surface area contributed by atoms with E-state index in [-0.39, 0.29) is 16.2 Å². The van der Waals surface area contributed by atoms with Crippen LogP contribution in [0.5, 0.6) is 0 Å². The predicted molar refractivity (Wildman–Crippen MR) is 122 cm³/mol. The molecule has 0 saturated heterocycles. The number of carbonyl (C=O) groups is 1. The lowest BCUT2D eigenvalue weighted by atomic mass is 9.60. The Bertz CT molecular complexity index is 920. The van der Waals surface area contributed by atoms with Crippen LogP contribution in [-0.4, -0.2) is 11.1 Å². The Labute approximate surface area is 176 Å². The Morgan fingerprint density at radius 1 is 0.897 bits per heavy atom. The molecule has 0 unspecified atom stereocenters. The van der Waals surface area contributed by atoms with Crippen molar-refractivity contribution < 1.29 is 9.90 Å². The number of carboxylic acid groups (broad SMARTS) is 1. The molecule has 0 amide bonds. The summed E-state index contributed by atoms with van der Waals surface area (Å²) in [5.41, 5.74) is 8.57. The highest BCUT2D eigenvalue weighted by Crippen LogP contribution is 2.51. The monoisotopic (exact) mass is 392 g/mol. The van der Waals surface area contributed by atoms with Crippen LogP contribution in [0, 0.1) is 0 Å². The summed E-state index contributed by atoms with van der Waals surface area (Å²) >= 11 is 0. The number of aliphatic carboxylic acids is 1. The van der Waals surface area contributed by atoms with Crippen LogP contribution >= 0.6 is 0 Å². The van der Waals surface area contributed by atoms with Gasteiger partial charge < -0.3 is 5.11 Å². The lowest BCUT2D eigenvalue weighted by molar-refractivity contribution is -0.131. The highest BCUT2D eigenvalue weighted by atomic mass is 16.4. The minimum Gasteiger partial charge on any atom is -0.478 e. The molecule has 2 aliphatic rings. The zero-order valence-electron chi connectivity index (χ0n) is 19.1. The van der Waals surface area contributed by atoms with Gasteiger partial charge >= 0.3 is 5.97 Å². The first kappa shape index (κ1) is 21.6. The minimum atomic E-state index is -0.902. The van der Waals surface area contributed by atoms with Crippen LogP contribution in [0.4, 0.5) is 0 Å². The Balaban J connectivity index is 2.13. The van der Waals surface area contributed by atoms with Crippen molar-refractivity contribution in [1.29, 1.82) is 0 Å². The molecule has 3 rings (SSSR count). The number of hydrogen-bond acceptors (Lipinski definition) is 1. The molecule has 2 aliphatic carbocycles. The van der Waals surface area contributed by atoms with E-state index < -0.39 is 5.97 Å². The third kappa shape index (κ3) is 4.27. The zero-order valence-corrected chi connectivity index (χ0v) is 19.1. The van der Waals surface area contributed by atoms with Gasteiger partial charge in [0.1, 0.15) is 0 Å². The lowest BCUT2D eigenvalue weighted by Gasteiger charge is -2.44. The van der Waals surface area contributed by atoms with Gasteiger partial charge in [0.05, 0.1) is 0 Å². The summed E-state index contributed by atoms with van der Waals surface area (Å²) in [6.07, 6.45) is 11.9. The molecule has 1 N–H and O–H groups in total. The molecule has 29 heavy (non-hydrogen) atoms. The molecule has 0 fully saturated rings. The normalized spacial score (nSPS) is 23.7. The van der Waals surface area contributed by atoms with Crippen LogP contribution in [0.15, 0.2) is 42.0 Å². The highest BCUT2D eigenvalue weighted by molar-refractivity contribution is 5.81. The van der Waals surface area contributed by atoms with Gasteiger partial charge in [0.25, 0.3) is 0 Å². The maximum Gasteiger partial charge on any atom is 0.328 e. The first-order chi connectivity index (χ1) is 13.3.